The normalized spacial score (nSPS) is 22.8. The molecule has 0 bridgehead atoms. The van der Waals surface area contributed by atoms with E-state index in [-0.39, 0.29) is 17.9 Å². The second-order valence-corrected chi connectivity index (χ2v) is 8.24. The predicted octanol–water partition coefficient (Wildman–Crippen LogP) is 0.246. The van der Waals surface area contributed by atoms with Gasteiger partial charge in [0.1, 0.15) is 11.0 Å². The number of benzene rings is 1. The van der Waals surface area contributed by atoms with Crippen LogP contribution in [0.5, 0.6) is 11.6 Å². The monoisotopic (exact) mass is 393 g/mol. The maximum Gasteiger partial charge on any atom is 0.277 e. The fourth-order valence-corrected chi connectivity index (χ4v) is 4.97. The zero-order valence-corrected chi connectivity index (χ0v) is 15.0. The van der Waals surface area contributed by atoms with E-state index in [1.807, 2.05) is 0 Å². The van der Waals surface area contributed by atoms with Gasteiger partial charge >= 0.3 is 0 Å². The molecular formula is C17H19N3O6S. The van der Waals surface area contributed by atoms with Crippen LogP contribution in [0.15, 0.2) is 53.6 Å². The molecule has 1 aromatic heterocycles. The van der Waals surface area contributed by atoms with Gasteiger partial charge in [-0.15, -0.1) is 0 Å². The lowest BCUT2D eigenvalue weighted by molar-refractivity contribution is -0.149. The molecule has 1 aliphatic rings. The van der Waals surface area contributed by atoms with Crippen LogP contribution in [0.2, 0.25) is 0 Å². The number of nitrogens with one attached hydrogen (secondary N) is 2. The minimum Gasteiger partial charge on any atom is -0.439 e. The number of hydroxylamine groups is 1. The summed E-state index contributed by atoms with van der Waals surface area (Å²) in [6.07, 6.45) is 1.58. The number of piperidine rings is 1. The Morgan fingerprint density at radius 2 is 2.00 bits per heavy atom. The van der Waals surface area contributed by atoms with Crippen molar-refractivity contribution in [3.05, 3.63) is 48.7 Å². The summed E-state index contributed by atoms with van der Waals surface area (Å²) in [5.74, 6) is -0.417. The number of pyridine rings is 1. The van der Waals surface area contributed by atoms with E-state index in [2.05, 4.69) is 10.3 Å². The molecule has 1 amide bonds. The van der Waals surface area contributed by atoms with Crippen molar-refractivity contribution in [1.29, 1.82) is 0 Å². The number of hydrogen-bond donors (Lipinski definition) is 4. The summed E-state index contributed by atoms with van der Waals surface area (Å²) >= 11 is 0. The lowest BCUT2D eigenvalue weighted by Gasteiger charge is -2.37. The highest BCUT2D eigenvalue weighted by Gasteiger charge is 2.52. The largest absolute Gasteiger partial charge is 0.439 e. The SMILES string of the molecule is O=C(NO)C1(O)CNCCC1S(=O)(=O)c1ccc(Oc2ccccn2)cc1. The molecule has 27 heavy (non-hydrogen) atoms. The van der Waals surface area contributed by atoms with Crippen LogP contribution in [0.3, 0.4) is 0 Å². The third kappa shape index (κ3) is 3.78. The highest BCUT2D eigenvalue weighted by atomic mass is 32.2. The van der Waals surface area contributed by atoms with Crippen molar-refractivity contribution in [2.24, 2.45) is 0 Å². The Morgan fingerprint density at radius 3 is 2.63 bits per heavy atom. The molecule has 144 valence electrons. The molecule has 1 fully saturated rings. The number of β-amino-alcohol motifs (C(OH)–C–C–N with tert-alkyl or cyclic N) is 1. The van der Waals surface area contributed by atoms with Gasteiger partial charge in [0.2, 0.25) is 5.88 Å². The first-order valence-electron chi connectivity index (χ1n) is 8.18. The first-order valence-corrected chi connectivity index (χ1v) is 9.73. The van der Waals surface area contributed by atoms with Gasteiger partial charge in [-0.2, -0.15) is 0 Å². The minimum absolute atomic E-state index is 0.0123. The zero-order chi connectivity index (χ0) is 19.5. The fraction of sp³-hybridized carbons (Fsp3) is 0.294. The molecule has 0 spiro atoms. The third-order valence-electron chi connectivity index (χ3n) is 4.39. The number of carbonyl (C=O) groups excluding carboxylic acids is 1. The molecule has 2 aromatic rings. The van der Waals surface area contributed by atoms with Crippen LogP contribution in [0, 0.1) is 0 Å². The number of aromatic nitrogens is 1. The van der Waals surface area contributed by atoms with Crippen molar-refractivity contribution in [2.75, 3.05) is 13.1 Å². The predicted molar refractivity (Wildman–Crippen MR) is 94.1 cm³/mol. The molecule has 2 atom stereocenters. The van der Waals surface area contributed by atoms with E-state index < -0.39 is 26.6 Å². The number of hydrogen-bond acceptors (Lipinski definition) is 8. The van der Waals surface area contributed by atoms with Gasteiger partial charge in [-0.05, 0) is 43.3 Å². The highest BCUT2D eigenvalue weighted by Crippen LogP contribution is 2.31. The van der Waals surface area contributed by atoms with E-state index in [0.29, 0.717) is 18.2 Å². The van der Waals surface area contributed by atoms with Crippen molar-refractivity contribution >= 4 is 15.7 Å². The van der Waals surface area contributed by atoms with E-state index in [1.165, 1.54) is 29.7 Å². The summed E-state index contributed by atoms with van der Waals surface area (Å²) in [4.78, 5) is 15.8. The maximum atomic E-state index is 13.0. The Bertz CT molecular complexity index is 904. The van der Waals surface area contributed by atoms with Crippen LogP contribution in [0.1, 0.15) is 6.42 Å². The standard InChI is InChI=1S/C17H19N3O6S/c21-16(20-23)17(22)11-18-10-8-14(17)27(24,25)13-6-4-12(5-7-13)26-15-3-1-2-9-19-15/h1-7,9,14,18,22-23H,8,10-11H2,(H,20,21). The Labute approximate surface area is 155 Å². The number of aliphatic hydroxyl groups is 1. The van der Waals surface area contributed by atoms with E-state index in [1.54, 1.807) is 24.4 Å². The Hall–Kier alpha value is -2.53. The number of sulfone groups is 1. The number of amides is 1. The summed E-state index contributed by atoms with van der Waals surface area (Å²) in [7, 11) is -4.05. The molecule has 9 nitrogen and oxygen atoms in total. The van der Waals surface area contributed by atoms with Gasteiger partial charge in [0.25, 0.3) is 5.91 Å². The van der Waals surface area contributed by atoms with E-state index in [9.17, 15) is 18.3 Å². The molecule has 2 heterocycles. The van der Waals surface area contributed by atoms with E-state index >= 15 is 0 Å². The van der Waals surface area contributed by atoms with Crippen molar-refractivity contribution in [3.63, 3.8) is 0 Å². The fourth-order valence-electron chi connectivity index (χ4n) is 2.99. The number of nitrogens with zero attached hydrogens (tertiary/aromatic N) is 1. The van der Waals surface area contributed by atoms with Crippen molar-refractivity contribution in [1.82, 2.24) is 15.8 Å². The Kier molecular flexibility index (Phi) is 5.42. The van der Waals surface area contributed by atoms with Crippen LogP contribution >= 0.6 is 0 Å². The topological polar surface area (TPSA) is 138 Å². The van der Waals surface area contributed by atoms with Gasteiger partial charge in [0.05, 0.1) is 4.90 Å². The number of carbonyl (C=O) groups is 1. The van der Waals surface area contributed by atoms with Gasteiger partial charge in [-0.3, -0.25) is 10.0 Å². The second kappa shape index (κ2) is 7.61. The van der Waals surface area contributed by atoms with Crippen LogP contribution < -0.4 is 15.5 Å². The van der Waals surface area contributed by atoms with Crippen LogP contribution in [-0.4, -0.2) is 53.6 Å². The van der Waals surface area contributed by atoms with Gasteiger partial charge < -0.3 is 15.2 Å². The molecule has 1 saturated heterocycles. The van der Waals surface area contributed by atoms with Gasteiger partial charge in [0, 0.05) is 18.8 Å². The minimum atomic E-state index is -4.05. The molecule has 1 aliphatic heterocycles. The summed E-state index contributed by atoms with van der Waals surface area (Å²) in [6, 6.07) is 10.8. The molecule has 10 heteroatoms. The first kappa shape index (κ1) is 19.2. The van der Waals surface area contributed by atoms with Crippen molar-refractivity contribution in [3.8, 4) is 11.6 Å². The molecule has 0 radical (unpaired) electrons. The molecule has 2 unspecified atom stereocenters. The summed E-state index contributed by atoms with van der Waals surface area (Å²) in [5.41, 5.74) is -0.938. The van der Waals surface area contributed by atoms with Gasteiger partial charge in [0.15, 0.2) is 15.4 Å². The lowest BCUT2D eigenvalue weighted by atomic mass is 9.93. The van der Waals surface area contributed by atoms with Crippen LogP contribution in [-0.2, 0) is 14.6 Å². The lowest BCUT2D eigenvalue weighted by Crippen LogP contribution is -2.65. The average molecular weight is 393 g/mol. The van der Waals surface area contributed by atoms with Crippen LogP contribution in [0.4, 0.5) is 0 Å². The second-order valence-electron chi connectivity index (χ2n) is 6.11. The van der Waals surface area contributed by atoms with Gasteiger partial charge in [-0.1, -0.05) is 6.07 Å². The quantitative estimate of drug-likeness (QED) is 0.419. The highest BCUT2D eigenvalue weighted by molar-refractivity contribution is 7.92. The molecule has 3 rings (SSSR count). The molecule has 4 N–H and O–H groups in total. The summed E-state index contributed by atoms with van der Waals surface area (Å²) in [6.45, 7) is 0.0238. The Morgan fingerprint density at radius 1 is 1.26 bits per heavy atom. The zero-order valence-electron chi connectivity index (χ0n) is 14.2. The van der Waals surface area contributed by atoms with Crippen molar-refractivity contribution < 1.29 is 28.3 Å². The number of ether oxygens (including phenoxy) is 1. The summed E-state index contributed by atoms with van der Waals surface area (Å²) in [5, 5.41) is 20.8. The van der Waals surface area contributed by atoms with Crippen molar-refractivity contribution in [2.45, 2.75) is 22.2 Å². The number of rotatable bonds is 5. The smallest absolute Gasteiger partial charge is 0.277 e. The summed E-state index contributed by atoms with van der Waals surface area (Å²) < 4.78 is 31.5. The first-order chi connectivity index (χ1) is 12.9. The third-order valence-corrected chi connectivity index (χ3v) is 6.70. The van der Waals surface area contributed by atoms with E-state index in [4.69, 9.17) is 9.94 Å². The Balaban J connectivity index is 1.86. The molecule has 0 aliphatic carbocycles. The maximum absolute atomic E-state index is 13.0. The molecular weight excluding hydrogens is 374 g/mol. The average Bonchev–Trinajstić information content (AvgIpc) is 2.68. The molecule has 1 aromatic carbocycles. The molecule has 0 saturated carbocycles. The van der Waals surface area contributed by atoms with Gasteiger partial charge in [-0.25, -0.2) is 18.9 Å². The van der Waals surface area contributed by atoms with E-state index in [0.717, 1.165) is 0 Å². The van der Waals surface area contributed by atoms with Crippen LogP contribution in [0.25, 0.3) is 0 Å².